The average Bonchev–Trinajstić information content (AvgIpc) is 3.26. The van der Waals surface area contributed by atoms with Gasteiger partial charge in [0, 0.05) is 12.4 Å². The minimum absolute atomic E-state index is 0.0395. The third-order valence-electron chi connectivity index (χ3n) is 5.43. The Morgan fingerprint density at radius 3 is 2.55 bits per heavy atom. The van der Waals surface area contributed by atoms with Crippen molar-refractivity contribution in [1.29, 1.82) is 0 Å². The number of amides is 1. The number of anilines is 1. The van der Waals surface area contributed by atoms with Gasteiger partial charge in [0.2, 0.25) is 0 Å². The Bertz CT molecular complexity index is 1400. The summed E-state index contributed by atoms with van der Waals surface area (Å²) in [6.45, 7) is 6.02. The van der Waals surface area contributed by atoms with E-state index in [1.807, 2.05) is 30.3 Å². The fraction of sp³-hybridized carbons (Fsp3) is 0.240. The highest BCUT2D eigenvalue weighted by Crippen LogP contribution is 2.35. The molecule has 170 valence electrons. The molecule has 0 N–H and O–H groups in total. The number of rotatable bonds is 7. The van der Waals surface area contributed by atoms with Crippen molar-refractivity contribution in [2.24, 2.45) is 0 Å². The highest BCUT2D eigenvalue weighted by Gasteiger charge is 2.28. The van der Waals surface area contributed by atoms with Crippen molar-refractivity contribution in [3.63, 3.8) is 0 Å². The van der Waals surface area contributed by atoms with Gasteiger partial charge in [0.05, 0.1) is 33.0 Å². The molecule has 0 atom stereocenters. The molecule has 0 unspecified atom stereocenters. The maximum Gasteiger partial charge on any atom is 0.261 e. The monoisotopic (exact) mass is 479 g/mol. The summed E-state index contributed by atoms with van der Waals surface area (Å²) in [5, 5.41) is 0.524. The van der Waals surface area contributed by atoms with Crippen LogP contribution in [0.2, 0.25) is 0 Å². The van der Waals surface area contributed by atoms with Gasteiger partial charge in [-0.1, -0.05) is 62.4 Å². The maximum absolute atomic E-state index is 13.8. The van der Waals surface area contributed by atoms with Gasteiger partial charge in [-0.2, -0.15) is 0 Å². The Kier molecular flexibility index (Phi) is 6.58. The molecule has 4 rings (SSSR count). The summed E-state index contributed by atoms with van der Waals surface area (Å²) in [7, 11) is -3.58. The molecule has 0 saturated carbocycles. The number of pyridine rings is 1. The number of nitrogens with zero attached hydrogens (tertiary/aromatic N) is 3. The summed E-state index contributed by atoms with van der Waals surface area (Å²) in [4.78, 5) is 24.4. The molecule has 0 spiro atoms. The SMILES string of the molecule is CCS(=O)(=O)c1ccccc1C(=O)N(Cc1cccnc1)c1nc2c(C(C)C)cccc2s1. The summed E-state index contributed by atoms with van der Waals surface area (Å²) in [5.41, 5.74) is 2.94. The van der Waals surface area contributed by atoms with Crippen LogP contribution in [-0.2, 0) is 16.4 Å². The molecule has 0 saturated heterocycles. The topological polar surface area (TPSA) is 80.2 Å². The minimum Gasteiger partial charge on any atom is -0.279 e. The first-order valence-corrected chi connectivity index (χ1v) is 13.2. The van der Waals surface area contributed by atoms with Crippen molar-refractivity contribution < 1.29 is 13.2 Å². The number of benzene rings is 2. The molecule has 0 radical (unpaired) electrons. The smallest absolute Gasteiger partial charge is 0.261 e. The Hall–Kier alpha value is -3.10. The van der Waals surface area contributed by atoms with E-state index in [0.29, 0.717) is 5.13 Å². The zero-order valence-electron chi connectivity index (χ0n) is 18.7. The van der Waals surface area contributed by atoms with Gasteiger partial charge in [-0.3, -0.25) is 14.7 Å². The third-order valence-corrected chi connectivity index (χ3v) is 8.26. The number of sulfone groups is 1. The van der Waals surface area contributed by atoms with E-state index in [-0.39, 0.29) is 28.7 Å². The van der Waals surface area contributed by atoms with E-state index in [2.05, 4.69) is 18.8 Å². The summed E-state index contributed by atoms with van der Waals surface area (Å²) < 4.78 is 26.4. The molecule has 0 aliphatic heterocycles. The van der Waals surface area contributed by atoms with E-state index >= 15 is 0 Å². The second kappa shape index (κ2) is 9.41. The first kappa shape index (κ1) is 23.1. The van der Waals surface area contributed by atoms with Gasteiger partial charge < -0.3 is 0 Å². The molecule has 2 aromatic carbocycles. The Morgan fingerprint density at radius 1 is 1.06 bits per heavy atom. The van der Waals surface area contributed by atoms with Crippen LogP contribution in [0.1, 0.15) is 48.2 Å². The first-order valence-electron chi connectivity index (χ1n) is 10.7. The quantitative estimate of drug-likeness (QED) is 0.352. The van der Waals surface area contributed by atoms with Crippen molar-refractivity contribution in [1.82, 2.24) is 9.97 Å². The second-order valence-electron chi connectivity index (χ2n) is 8.00. The minimum atomic E-state index is -3.58. The van der Waals surface area contributed by atoms with Gasteiger partial charge >= 0.3 is 0 Å². The Labute approximate surface area is 197 Å². The predicted octanol–water partition coefficient (Wildman–Crippen LogP) is 5.46. The number of carbonyl (C=O) groups is 1. The number of aromatic nitrogens is 2. The van der Waals surface area contributed by atoms with Crippen LogP contribution in [0, 0.1) is 0 Å². The fourth-order valence-corrected chi connectivity index (χ4v) is 5.74. The van der Waals surface area contributed by atoms with Crippen LogP contribution in [0.25, 0.3) is 10.2 Å². The molecule has 1 amide bonds. The number of fused-ring (bicyclic) bond motifs is 1. The molecule has 6 nitrogen and oxygen atoms in total. The van der Waals surface area contributed by atoms with Crippen molar-refractivity contribution in [3.8, 4) is 0 Å². The summed E-state index contributed by atoms with van der Waals surface area (Å²) >= 11 is 1.42. The van der Waals surface area contributed by atoms with Crippen LogP contribution in [0.4, 0.5) is 5.13 Å². The van der Waals surface area contributed by atoms with Crippen LogP contribution < -0.4 is 4.90 Å². The van der Waals surface area contributed by atoms with E-state index in [4.69, 9.17) is 4.98 Å². The molecule has 4 aromatic rings. The average molecular weight is 480 g/mol. The molecule has 2 aromatic heterocycles. The number of carbonyl (C=O) groups excluding carboxylic acids is 1. The summed E-state index contributed by atoms with van der Waals surface area (Å²) in [5.74, 6) is -0.211. The first-order chi connectivity index (χ1) is 15.8. The van der Waals surface area contributed by atoms with Crippen molar-refractivity contribution >= 4 is 42.4 Å². The lowest BCUT2D eigenvalue weighted by molar-refractivity contribution is 0.0982. The summed E-state index contributed by atoms with van der Waals surface area (Å²) in [6.07, 6.45) is 3.37. The van der Waals surface area contributed by atoms with Crippen LogP contribution >= 0.6 is 11.3 Å². The molecule has 0 fully saturated rings. The van der Waals surface area contributed by atoms with Gasteiger partial charge in [0.15, 0.2) is 15.0 Å². The van der Waals surface area contributed by atoms with Gasteiger partial charge in [-0.05, 0) is 41.3 Å². The predicted molar refractivity (Wildman–Crippen MR) is 133 cm³/mol. The van der Waals surface area contributed by atoms with E-state index in [1.54, 1.807) is 42.4 Å². The van der Waals surface area contributed by atoms with E-state index < -0.39 is 15.7 Å². The Balaban J connectivity index is 1.87. The van der Waals surface area contributed by atoms with E-state index in [9.17, 15) is 13.2 Å². The van der Waals surface area contributed by atoms with Crippen LogP contribution in [0.15, 0.2) is 71.9 Å². The number of hydrogen-bond acceptors (Lipinski definition) is 6. The van der Waals surface area contributed by atoms with Crippen molar-refractivity contribution in [2.75, 3.05) is 10.7 Å². The lowest BCUT2D eigenvalue weighted by atomic mass is 10.0. The van der Waals surface area contributed by atoms with Crippen molar-refractivity contribution in [3.05, 3.63) is 83.7 Å². The molecule has 2 heterocycles. The van der Waals surface area contributed by atoms with Gasteiger partial charge in [0.1, 0.15) is 0 Å². The fourth-order valence-electron chi connectivity index (χ4n) is 3.66. The molecule has 0 bridgehead atoms. The van der Waals surface area contributed by atoms with E-state index in [1.165, 1.54) is 17.4 Å². The molecule has 0 aliphatic rings. The zero-order chi connectivity index (χ0) is 23.6. The number of hydrogen-bond donors (Lipinski definition) is 0. The maximum atomic E-state index is 13.8. The number of para-hydroxylation sites is 1. The van der Waals surface area contributed by atoms with Gasteiger partial charge in [-0.15, -0.1) is 0 Å². The Morgan fingerprint density at radius 2 is 1.85 bits per heavy atom. The standard InChI is InChI=1S/C25H25N3O3S2/c1-4-33(30,31)22-13-6-5-10-20(22)24(29)28(16-18-9-8-14-26-15-18)25-27-23-19(17(2)3)11-7-12-21(23)32-25/h5-15,17H,4,16H2,1-3H3. The van der Waals surface area contributed by atoms with Crippen LogP contribution in [0.5, 0.6) is 0 Å². The molecule has 8 heteroatoms. The lowest BCUT2D eigenvalue weighted by Gasteiger charge is -2.21. The molecular formula is C25H25N3O3S2. The highest BCUT2D eigenvalue weighted by atomic mass is 32.2. The normalized spacial score (nSPS) is 11.8. The highest BCUT2D eigenvalue weighted by molar-refractivity contribution is 7.91. The van der Waals surface area contributed by atoms with Gasteiger partial charge in [0.25, 0.3) is 5.91 Å². The van der Waals surface area contributed by atoms with Crippen molar-refractivity contribution in [2.45, 2.75) is 38.1 Å². The molecule has 33 heavy (non-hydrogen) atoms. The molecule has 0 aliphatic carbocycles. The van der Waals surface area contributed by atoms with Gasteiger partial charge in [-0.25, -0.2) is 13.4 Å². The molecular weight excluding hydrogens is 454 g/mol. The zero-order valence-corrected chi connectivity index (χ0v) is 20.4. The van der Waals surface area contributed by atoms with E-state index in [0.717, 1.165) is 21.3 Å². The largest absolute Gasteiger partial charge is 0.279 e. The third kappa shape index (κ3) is 4.67. The van der Waals surface area contributed by atoms with Crippen LogP contribution in [0.3, 0.4) is 0 Å². The second-order valence-corrected chi connectivity index (χ2v) is 11.3. The summed E-state index contributed by atoms with van der Waals surface area (Å²) in [6, 6.07) is 16.1. The lowest BCUT2D eigenvalue weighted by Crippen LogP contribution is -2.31. The van der Waals surface area contributed by atoms with Crippen LogP contribution in [-0.4, -0.2) is 30.0 Å². The number of thiazole rings is 1.